The molecule has 1 heterocycles. The van der Waals surface area contributed by atoms with Gasteiger partial charge in [0.2, 0.25) is 0 Å². The summed E-state index contributed by atoms with van der Waals surface area (Å²) in [6, 6.07) is 1.54. The molecule has 1 N–H and O–H groups in total. The van der Waals surface area contributed by atoms with E-state index >= 15 is 0 Å². The van der Waals surface area contributed by atoms with E-state index in [-0.39, 0.29) is 0 Å². The first kappa shape index (κ1) is 9.47. The van der Waals surface area contributed by atoms with Crippen molar-refractivity contribution in [3.63, 3.8) is 0 Å². The Morgan fingerprint density at radius 2 is 1.85 bits per heavy atom. The summed E-state index contributed by atoms with van der Waals surface area (Å²) in [6.07, 6.45) is 8.52. The van der Waals surface area contributed by atoms with Gasteiger partial charge in [0, 0.05) is 18.7 Å². The zero-order chi connectivity index (χ0) is 9.10. The summed E-state index contributed by atoms with van der Waals surface area (Å²) in [5.41, 5.74) is 0. The van der Waals surface area contributed by atoms with Crippen molar-refractivity contribution in [2.24, 2.45) is 0 Å². The highest BCUT2D eigenvalue weighted by molar-refractivity contribution is 4.81. The maximum Gasteiger partial charge on any atom is 0.0561 e. The van der Waals surface area contributed by atoms with Crippen LogP contribution in [0.1, 0.15) is 45.4 Å². The molecule has 13 heavy (non-hydrogen) atoms. The average molecular weight is 183 g/mol. The van der Waals surface area contributed by atoms with Crippen molar-refractivity contribution in [3.05, 3.63) is 0 Å². The van der Waals surface area contributed by atoms with E-state index in [9.17, 15) is 0 Å². The van der Waals surface area contributed by atoms with Gasteiger partial charge in [0.25, 0.3) is 0 Å². The van der Waals surface area contributed by atoms with Gasteiger partial charge in [0.1, 0.15) is 0 Å². The minimum Gasteiger partial charge on any atom is -0.378 e. The quantitative estimate of drug-likeness (QED) is 0.707. The number of rotatable bonds is 2. The minimum absolute atomic E-state index is 0.465. The molecule has 1 aliphatic heterocycles. The fourth-order valence-corrected chi connectivity index (χ4v) is 2.58. The Labute approximate surface area is 81.0 Å². The molecule has 2 aliphatic rings. The minimum atomic E-state index is 0.465. The van der Waals surface area contributed by atoms with Gasteiger partial charge < -0.3 is 10.1 Å². The Bertz CT molecular complexity index is 154. The fourth-order valence-electron chi connectivity index (χ4n) is 2.58. The Morgan fingerprint density at radius 3 is 2.54 bits per heavy atom. The molecule has 76 valence electrons. The van der Waals surface area contributed by atoms with Crippen LogP contribution < -0.4 is 5.32 Å². The fraction of sp³-hybridized carbons (Fsp3) is 1.00. The molecule has 2 atom stereocenters. The van der Waals surface area contributed by atoms with E-state index in [1.54, 1.807) is 0 Å². The van der Waals surface area contributed by atoms with Gasteiger partial charge >= 0.3 is 0 Å². The molecule has 2 fully saturated rings. The molecule has 2 rings (SSSR count). The van der Waals surface area contributed by atoms with Gasteiger partial charge in [-0.05, 0) is 32.6 Å². The van der Waals surface area contributed by atoms with Crippen molar-refractivity contribution < 1.29 is 4.74 Å². The second-order valence-corrected chi connectivity index (χ2v) is 4.55. The Morgan fingerprint density at radius 1 is 1.08 bits per heavy atom. The van der Waals surface area contributed by atoms with Gasteiger partial charge in [-0.3, -0.25) is 0 Å². The van der Waals surface area contributed by atoms with Gasteiger partial charge in [0.15, 0.2) is 0 Å². The number of ether oxygens (including phenoxy) is 1. The summed E-state index contributed by atoms with van der Waals surface area (Å²) in [5.74, 6) is 0. The first-order valence-electron chi connectivity index (χ1n) is 5.72. The number of nitrogens with one attached hydrogen (secondary N) is 1. The smallest absolute Gasteiger partial charge is 0.0561 e. The van der Waals surface area contributed by atoms with Gasteiger partial charge in [-0.1, -0.05) is 12.8 Å². The summed E-state index contributed by atoms with van der Waals surface area (Å²) in [4.78, 5) is 0. The van der Waals surface area contributed by atoms with Gasteiger partial charge in [0.05, 0.1) is 6.10 Å². The van der Waals surface area contributed by atoms with Crippen LogP contribution in [0.2, 0.25) is 0 Å². The Balaban J connectivity index is 1.73. The number of hydrogen-bond acceptors (Lipinski definition) is 2. The van der Waals surface area contributed by atoms with Crippen LogP contribution in [-0.4, -0.2) is 24.8 Å². The first-order chi connectivity index (χ1) is 6.34. The molecule has 0 bridgehead atoms. The molecular weight excluding hydrogens is 162 g/mol. The molecule has 1 saturated carbocycles. The lowest BCUT2D eigenvalue weighted by Crippen LogP contribution is -2.42. The van der Waals surface area contributed by atoms with E-state index in [0.717, 1.165) is 18.7 Å². The molecule has 0 aromatic heterocycles. The summed E-state index contributed by atoms with van der Waals surface area (Å²) in [5, 5.41) is 3.77. The Hall–Kier alpha value is -0.0800. The van der Waals surface area contributed by atoms with E-state index in [4.69, 9.17) is 4.74 Å². The maximum absolute atomic E-state index is 5.53. The van der Waals surface area contributed by atoms with Crippen molar-refractivity contribution in [1.82, 2.24) is 5.32 Å². The molecule has 2 heteroatoms. The summed E-state index contributed by atoms with van der Waals surface area (Å²) in [7, 11) is 0. The predicted octanol–water partition coefficient (Wildman–Crippen LogP) is 2.09. The van der Waals surface area contributed by atoms with E-state index in [1.807, 2.05) is 0 Å². The van der Waals surface area contributed by atoms with Crippen molar-refractivity contribution in [2.45, 2.75) is 63.6 Å². The predicted molar refractivity (Wildman–Crippen MR) is 53.8 cm³/mol. The van der Waals surface area contributed by atoms with Crippen LogP contribution in [0, 0.1) is 0 Å². The SMILES string of the molecule is CC1CC(NC2CCCC2)CCO1. The van der Waals surface area contributed by atoms with Crippen molar-refractivity contribution >= 4 is 0 Å². The van der Waals surface area contributed by atoms with Crippen molar-refractivity contribution in [3.8, 4) is 0 Å². The third kappa shape index (κ3) is 2.68. The van der Waals surface area contributed by atoms with Crippen LogP contribution in [0.15, 0.2) is 0 Å². The van der Waals surface area contributed by atoms with E-state index < -0.39 is 0 Å². The van der Waals surface area contributed by atoms with Crippen molar-refractivity contribution in [2.75, 3.05) is 6.61 Å². The van der Waals surface area contributed by atoms with Gasteiger partial charge in [-0.15, -0.1) is 0 Å². The molecular formula is C11H21NO. The standard InChI is InChI=1S/C11H21NO/c1-9-8-11(6-7-13-9)12-10-4-2-3-5-10/h9-12H,2-8H2,1H3. The monoisotopic (exact) mass is 183 g/mol. The topological polar surface area (TPSA) is 21.3 Å². The highest BCUT2D eigenvalue weighted by Crippen LogP contribution is 2.21. The highest BCUT2D eigenvalue weighted by atomic mass is 16.5. The van der Waals surface area contributed by atoms with Crippen LogP contribution in [0.5, 0.6) is 0 Å². The summed E-state index contributed by atoms with van der Waals surface area (Å²) >= 11 is 0. The lowest BCUT2D eigenvalue weighted by molar-refractivity contribution is 0.0114. The van der Waals surface area contributed by atoms with Crippen LogP contribution in [0.4, 0.5) is 0 Å². The molecule has 2 nitrogen and oxygen atoms in total. The molecule has 0 aromatic carbocycles. The normalized spacial score (nSPS) is 36.7. The molecule has 0 amide bonds. The first-order valence-corrected chi connectivity index (χ1v) is 5.72. The number of hydrogen-bond donors (Lipinski definition) is 1. The third-order valence-corrected chi connectivity index (χ3v) is 3.31. The zero-order valence-electron chi connectivity index (χ0n) is 8.59. The molecule has 0 radical (unpaired) electrons. The zero-order valence-corrected chi connectivity index (χ0v) is 8.59. The average Bonchev–Trinajstić information content (AvgIpc) is 2.57. The Kier molecular flexibility index (Phi) is 3.23. The largest absolute Gasteiger partial charge is 0.378 e. The van der Waals surface area contributed by atoms with Crippen LogP contribution in [-0.2, 0) is 4.74 Å². The highest BCUT2D eigenvalue weighted by Gasteiger charge is 2.23. The lowest BCUT2D eigenvalue weighted by Gasteiger charge is -2.30. The van der Waals surface area contributed by atoms with Crippen LogP contribution in [0.25, 0.3) is 0 Å². The van der Waals surface area contributed by atoms with E-state index in [0.29, 0.717) is 6.10 Å². The van der Waals surface area contributed by atoms with Crippen molar-refractivity contribution in [1.29, 1.82) is 0 Å². The van der Waals surface area contributed by atoms with Crippen LogP contribution >= 0.6 is 0 Å². The molecule has 0 aromatic rings. The van der Waals surface area contributed by atoms with E-state index in [2.05, 4.69) is 12.2 Å². The molecule has 1 saturated heterocycles. The summed E-state index contributed by atoms with van der Waals surface area (Å²) < 4.78 is 5.53. The van der Waals surface area contributed by atoms with Gasteiger partial charge in [-0.2, -0.15) is 0 Å². The van der Waals surface area contributed by atoms with Crippen LogP contribution in [0.3, 0.4) is 0 Å². The second kappa shape index (κ2) is 4.43. The third-order valence-electron chi connectivity index (χ3n) is 3.31. The maximum atomic E-state index is 5.53. The summed E-state index contributed by atoms with van der Waals surface area (Å²) in [6.45, 7) is 3.13. The molecule has 1 aliphatic carbocycles. The molecule has 2 unspecified atom stereocenters. The second-order valence-electron chi connectivity index (χ2n) is 4.55. The van der Waals surface area contributed by atoms with E-state index in [1.165, 1.54) is 38.5 Å². The lowest BCUT2D eigenvalue weighted by atomic mass is 10.0. The molecule has 0 spiro atoms. The van der Waals surface area contributed by atoms with Gasteiger partial charge in [-0.25, -0.2) is 0 Å².